The van der Waals surface area contributed by atoms with Crippen LogP contribution in [0.25, 0.3) is 0 Å². The summed E-state index contributed by atoms with van der Waals surface area (Å²) < 4.78 is 19.4. The van der Waals surface area contributed by atoms with Crippen LogP contribution in [0.15, 0.2) is 53.5 Å². The van der Waals surface area contributed by atoms with Crippen molar-refractivity contribution in [2.45, 2.75) is 40.3 Å². The molecular weight excluding hydrogens is 510 g/mol. The van der Waals surface area contributed by atoms with Crippen LogP contribution in [-0.4, -0.2) is 31.1 Å². The number of carbonyl (C=O) groups excluding carboxylic acids is 1. The number of ether oxygens (including phenoxy) is 1. The fraction of sp³-hybridized carbons (Fsp3) is 0.391. The number of hydrogen-bond donors (Lipinski definition) is 3. The van der Waals surface area contributed by atoms with Gasteiger partial charge in [0.2, 0.25) is 5.91 Å². The van der Waals surface area contributed by atoms with Gasteiger partial charge in [-0.1, -0.05) is 38.1 Å². The molecule has 31 heavy (non-hydrogen) atoms. The quantitative estimate of drug-likeness (QED) is 0.247. The lowest BCUT2D eigenvalue weighted by Crippen LogP contribution is -2.41. The number of halogens is 2. The van der Waals surface area contributed by atoms with Crippen molar-refractivity contribution in [2.24, 2.45) is 10.9 Å². The summed E-state index contributed by atoms with van der Waals surface area (Å²) in [6.45, 7) is 9.24. The first-order chi connectivity index (χ1) is 14.4. The Morgan fingerprint density at radius 1 is 1.06 bits per heavy atom. The second-order valence-corrected chi connectivity index (χ2v) is 7.28. The number of benzene rings is 2. The largest absolute Gasteiger partial charge is 0.486 e. The standard InChI is InChI=1S/C23H31FN4O2.HI/c1-5-25-23(26-14-17(4)30-21-9-7-6-8-20(21)24)27-15-18-10-12-19(13-11-18)28-22(29)16(2)3;/h6-13,16-17H,5,14-15H2,1-4H3,(H,28,29)(H2,25,26,27);1H. The van der Waals surface area contributed by atoms with Crippen LogP contribution in [0.3, 0.4) is 0 Å². The Balaban J connectivity index is 0.00000480. The molecule has 0 aliphatic carbocycles. The SMILES string of the molecule is CCNC(=NCc1ccc(NC(=O)C(C)C)cc1)NCC(C)Oc1ccccc1F.I. The Morgan fingerprint density at radius 2 is 1.74 bits per heavy atom. The molecule has 0 spiro atoms. The van der Waals surface area contributed by atoms with Crippen LogP contribution in [-0.2, 0) is 11.3 Å². The van der Waals surface area contributed by atoms with Crippen molar-refractivity contribution >= 4 is 41.5 Å². The molecule has 2 aromatic carbocycles. The molecule has 0 radical (unpaired) electrons. The predicted octanol–water partition coefficient (Wildman–Crippen LogP) is 4.56. The van der Waals surface area contributed by atoms with Crippen molar-refractivity contribution in [1.29, 1.82) is 0 Å². The van der Waals surface area contributed by atoms with Crippen LogP contribution in [0, 0.1) is 11.7 Å². The molecule has 0 aliphatic heterocycles. The van der Waals surface area contributed by atoms with E-state index in [1.54, 1.807) is 18.2 Å². The van der Waals surface area contributed by atoms with E-state index in [1.165, 1.54) is 6.07 Å². The van der Waals surface area contributed by atoms with Gasteiger partial charge < -0.3 is 20.7 Å². The molecular formula is C23H32FIN4O2. The van der Waals surface area contributed by atoms with Crippen LogP contribution in [0.5, 0.6) is 5.75 Å². The Labute approximate surface area is 201 Å². The molecule has 0 bridgehead atoms. The van der Waals surface area contributed by atoms with Gasteiger partial charge in [0.15, 0.2) is 17.5 Å². The topological polar surface area (TPSA) is 74.8 Å². The van der Waals surface area contributed by atoms with Gasteiger partial charge in [-0.25, -0.2) is 9.38 Å². The lowest BCUT2D eigenvalue weighted by atomic mass is 10.2. The number of rotatable bonds is 9. The van der Waals surface area contributed by atoms with Gasteiger partial charge in [0.05, 0.1) is 13.1 Å². The van der Waals surface area contributed by atoms with Crippen molar-refractivity contribution in [3.63, 3.8) is 0 Å². The summed E-state index contributed by atoms with van der Waals surface area (Å²) in [6.07, 6.45) is -0.241. The monoisotopic (exact) mass is 542 g/mol. The Bertz CT molecular complexity index is 844. The second-order valence-electron chi connectivity index (χ2n) is 7.28. The number of hydrogen-bond acceptors (Lipinski definition) is 3. The highest BCUT2D eigenvalue weighted by molar-refractivity contribution is 14.0. The number of guanidine groups is 1. The Kier molecular flexibility index (Phi) is 11.9. The number of nitrogens with zero attached hydrogens (tertiary/aromatic N) is 1. The average Bonchev–Trinajstić information content (AvgIpc) is 2.72. The summed E-state index contributed by atoms with van der Waals surface area (Å²) in [6, 6.07) is 14.0. The summed E-state index contributed by atoms with van der Waals surface area (Å²) in [5, 5.41) is 9.27. The predicted molar refractivity (Wildman–Crippen MR) is 135 cm³/mol. The summed E-state index contributed by atoms with van der Waals surface area (Å²) in [7, 11) is 0. The van der Waals surface area contributed by atoms with E-state index in [9.17, 15) is 9.18 Å². The molecule has 0 saturated carbocycles. The first-order valence-electron chi connectivity index (χ1n) is 10.2. The van der Waals surface area contributed by atoms with E-state index < -0.39 is 0 Å². The zero-order valence-electron chi connectivity index (χ0n) is 18.4. The van der Waals surface area contributed by atoms with Gasteiger partial charge in [-0.15, -0.1) is 24.0 Å². The third-order valence-corrected chi connectivity index (χ3v) is 4.23. The molecule has 170 valence electrons. The second kappa shape index (κ2) is 13.8. The summed E-state index contributed by atoms with van der Waals surface area (Å²) in [4.78, 5) is 16.3. The first-order valence-corrected chi connectivity index (χ1v) is 10.2. The molecule has 8 heteroatoms. The number of aliphatic imine (C=N–C) groups is 1. The van der Waals surface area contributed by atoms with Crippen LogP contribution >= 0.6 is 24.0 Å². The molecule has 0 aromatic heterocycles. The third-order valence-electron chi connectivity index (χ3n) is 4.23. The van der Waals surface area contributed by atoms with Gasteiger partial charge in [0.25, 0.3) is 0 Å². The maximum absolute atomic E-state index is 13.7. The van der Waals surface area contributed by atoms with Crippen molar-refractivity contribution in [2.75, 3.05) is 18.4 Å². The van der Waals surface area contributed by atoms with Crippen molar-refractivity contribution in [1.82, 2.24) is 10.6 Å². The maximum Gasteiger partial charge on any atom is 0.226 e. The lowest BCUT2D eigenvalue weighted by Gasteiger charge is -2.18. The van der Waals surface area contributed by atoms with E-state index in [1.807, 2.05) is 52.0 Å². The highest BCUT2D eigenvalue weighted by Crippen LogP contribution is 2.16. The number of carbonyl (C=O) groups is 1. The third kappa shape index (κ3) is 9.54. The lowest BCUT2D eigenvalue weighted by molar-refractivity contribution is -0.118. The van der Waals surface area contributed by atoms with Gasteiger partial charge in [-0.2, -0.15) is 0 Å². The maximum atomic E-state index is 13.7. The van der Waals surface area contributed by atoms with Crippen molar-refractivity contribution < 1.29 is 13.9 Å². The number of anilines is 1. The highest BCUT2D eigenvalue weighted by Gasteiger charge is 2.09. The minimum Gasteiger partial charge on any atom is -0.486 e. The number of nitrogens with one attached hydrogen (secondary N) is 3. The highest BCUT2D eigenvalue weighted by atomic mass is 127. The fourth-order valence-corrected chi connectivity index (χ4v) is 2.53. The smallest absolute Gasteiger partial charge is 0.226 e. The zero-order chi connectivity index (χ0) is 21.9. The van der Waals surface area contributed by atoms with E-state index in [-0.39, 0.29) is 53.5 Å². The average molecular weight is 542 g/mol. The molecule has 0 saturated heterocycles. The Hall–Kier alpha value is -2.36. The van der Waals surface area contributed by atoms with Crippen LogP contribution in [0.4, 0.5) is 10.1 Å². The van der Waals surface area contributed by atoms with Crippen LogP contribution in [0.2, 0.25) is 0 Å². The summed E-state index contributed by atoms with van der Waals surface area (Å²) in [5.74, 6) is 0.439. The van der Waals surface area contributed by atoms with Crippen molar-refractivity contribution in [3.8, 4) is 5.75 Å². The zero-order valence-corrected chi connectivity index (χ0v) is 20.8. The molecule has 2 rings (SSSR count). The molecule has 2 aromatic rings. The van der Waals surface area contributed by atoms with Gasteiger partial charge in [-0.3, -0.25) is 4.79 Å². The molecule has 1 amide bonds. The molecule has 0 aliphatic rings. The van der Waals surface area contributed by atoms with E-state index in [0.29, 0.717) is 25.6 Å². The molecule has 0 fully saturated rings. The van der Waals surface area contributed by atoms with Gasteiger partial charge in [0, 0.05) is 18.2 Å². The summed E-state index contributed by atoms with van der Waals surface area (Å²) >= 11 is 0. The number of para-hydroxylation sites is 1. The van der Waals surface area contributed by atoms with E-state index in [2.05, 4.69) is 20.9 Å². The van der Waals surface area contributed by atoms with Crippen LogP contribution < -0.4 is 20.7 Å². The molecule has 0 heterocycles. The summed E-state index contributed by atoms with van der Waals surface area (Å²) in [5.41, 5.74) is 1.79. The van der Waals surface area contributed by atoms with E-state index >= 15 is 0 Å². The van der Waals surface area contributed by atoms with Gasteiger partial charge in [-0.05, 0) is 43.7 Å². The van der Waals surface area contributed by atoms with Crippen molar-refractivity contribution in [3.05, 3.63) is 59.9 Å². The van der Waals surface area contributed by atoms with E-state index in [0.717, 1.165) is 11.3 Å². The van der Waals surface area contributed by atoms with Gasteiger partial charge >= 0.3 is 0 Å². The Morgan fingerprint density at radius 3 is 2.35 bits per heavy atom. The van der Waals surface area contributed by atoms with E-state index in [4.69, 9.17) is 4.74 Å². The van der Waals surface area contributed by atoms with Crippen LogP contribution in [0.1, 0.15) is 33.3 Å². The fourth-order valence-electron chi connectivity index (χ4n) is 2.53. The first kappa shape index (κ1) is 26.7. The minimum absolute atomic E-state index is 0. The molecule has 1 atom stereocenters. The minimum atomic E-state index is -0.377. The normalized spacial score (nSPS) is 12.0. The number of amides is 1. The molecule has 3 N–H and O–H groups in total. The van der Waals surface area contributed by atoms with Gasteiger partial charge in [0.1, 0.15) is 6.10 Å². The molecule has 6 nitrogen and oxygen atoms in total. The molecule has 1 unspecified atom stereocenters.